The maximum atomic E-state index is 11.2. The van der Waals surface area contributed by atoms with E-state index < -0.39 is 24.6 Å². The summed E-state index contributed by atoms with van der Waals surface area (Å²) in [5.74, 6) is -1.21. The summed E-state index contributed by atoms with van der Waals surface area (Å²) in [6.07, 6.45) is 1.83. The molecule has 3 amide bonds. The van der Waals surface area contributed by atoms with Crippen LogP contribution in [0.25, 0.3) is 0 Å². The van der Waals surface area contributed by atoms with E-state index in [0.717, 1.165) is 12.8 Å². The summed E-state index contributed by atoms with van der Waals surface area (Å²) in [5.41, 5.74) is 0. The third-order valence-corrected chi connectivity index (χ3v) is 2.44. The monoisotopic (exact) mass is 259 g/mol. The molecule has 102 valence electrons. The summed E-state index contributed by atoms with van der Waals surface area (Å²) in [4.78, 5) is 32.9. The van der Waals surface area contributed by atoms with Crippen LogP contribution in [0.3, 0.4) is 0 Å². The molecule has 1 fully saturated rings. The first-order chi connectivity index (χ1) is 8.54. The first-order valence-electron chi connectivity index (χ1n) is 5.70. The molecule has 0 bridgehead atoms. The van der Waals surface area contributed by atoms with E-state index in [9.17, 15) is 14.4 Å². The van der Waals surface area contributed by atoms with Gasteiger partial charge in [0.1, 0.15) is 0 Å². The van der Waals surface area contributed by atoms with Crippen molar-refractivity contribution in [2.75, 3.05) is 19.7 Å². The molecule has 0 unspecified atom stereocenters. The topological polar surface area (TPSA) is 128 Å². The van der Waals surface area contributed by atoms with Crippen molar-refractivity contribution >= 4 is 17.9 Å². The molecule has 8 nitrogen and oxygen atoms in total. The number of carboxylic acids is 1. The van der Waals surface area contributed by atoms with Gasteiger partial charge in [-0.05, 0) is 12.8 Å². The molecular formula is C10H17N3O5. The highest BCUT2D eigenvalue weighted by molar-refractivity contribution is 5.83. The van der Waals surface area contributed by atoms with E-state index in [0.29, 0.717) is 6.54 Å². The van der Waals surface area contributed by atoms with Crippen molar-refractivity contribution in [2.24, 2.45) is 5.92 Å². The number of carbonyl (C=O) groups is 3. The summed E-state index contributed by atoms with van der Waals surface area (Å²) in [5, 5.41) is 24.4. The third-order valence-electron chi connectivity index (χ3n) is 2.44. The Bertz CT molecular complexity index is 329. The van der Waals surface area contributed by atoms with Crippen LogP contribution in [-0.4, -0.2) is 53.9 Å². The Kier molecular flexibility index (Phi) is 5.37. The first-order valence-corrected chi connectivity index (χ1v) is 5.70. The van der Waals surface area contributed by atoms with Crippen molar-refractivity contribution in [1.82, 2.24) is 16.0 Å². The van der Waals surface area contributed by atoms with Gasteiger partial charge in [-0.2, -0.15) is 0 Å². The normalized spacial score (nSPS) is 15.6. The van der Waals surface area contributed by atoms with Gasteiger partial charge in [0.2, 0.25) is 5.91 Å². The molecule has 0 saturated heterocycles. The fourth-order valence-corrected chi connectivity index (χ4v) is 1.25. The zero-order valence-corrected chi connectivity index (χ0v) is 9.81. The van der Waals surface area contributed by atoms with E-state index in [1.165, 1.54) is 0 Å². The molecule has 0 aromatic rings. The van der Waals surface area contributed by atoms with Crippen molar-refractivity contribution in [3.05, 3.63) is 0 Å². The second-order valence-electron chi connectivity index (χ2n) is 4.04. The van der Waals surface area contributed by atoms with Crippen molar-refractivity contribution in [3.8, 4) is 0 Å². The predicted molar refractivity (Wildman–Crippen MR) is 60.8 cm³/mol. The van der Waals surface area contributed by atoms with Crippen LogP contribution >= 0.6 is 0 Å². The molecule has 1 aliphatic rings. The molecule has 1 aliphatic carbocycles. The van der Waals surface area contributed by atoms with Gasteiger partial charge in [0, 0.05) is 19.0 Å². The molecule has 8 heteroatoms. The number of urea groups is 1. The van der Waals surface area contributed by atoms with Crippen LogP contribution in [0.5, 0.6) is 0 Å². The second-order valence-corrected chi connectivity index (χ2v) is 4.04. The molecule has 1 atom stereocenters. The van der Waals surface area contributed by atoms with Crippen molar-refractivity contribution in [3.63, 3.8) is 0 Å². The van der Waals surface area contributed by atoms with Crippen LogP contribution in [0, 0.1) is 5.92 Å². The zero-order valence-electron chi connectivity index (χ0n) is 9.81. The molecule has 0 heterocycles. The highest BCUT2D eigenvalue weighted by Crippen LogP contribution is 2.28. The molecule has 1 saturated carbocycles. The Morgan fingerprint density at radius 1 is 1.17 bits per heavy atom. The Morgan fingerprint density at radius 2 is 1.78 bits per heavy atom. The van der Waals surface area contributed by atoms with E-state index in [1.807, 2.05) is 0 Å². The van der Waals surface area contributed by atoms with E-state index in [1.54, 1.807) is 0 Å². The van der Waals surface area contributed by atoms with E-state index in [4.69, 9.17) is 10.2 Å². The third kappa shape index (κ3) is 5.00. The van der Waals surface area contributed by atoms with Crippen LogP contribution in [0.15, 0.2) is 0 Å². The number of amides is 3. The van der Waals surface area contributed by atoms with E-state index in [-0.39, 0.29) is 18.4 Å². The minimum Gasteiger partial charge on any atom is -0.480 e. The Balaban J connectivity index is 2.08. The smallest absolute Gasteiger partial charge is 0.328 e. The number of hydrogen-bond donors (Lipinski definition) is 5. The second kappa shape index (κ2) is 6.80. The van der Waals surface area contributed by atoms with Gasteiger partial charge in [-0.25, -0.2) is 9.59 Å². The van der Waals surface area contributed by atoms with Gasteiger partial charge >= 0.3 is 12.0 Å². The Labute approximate surface area is 104 Å². The summed E-state index contributed by atoms with van der Waals surface area (Å²) in [7, 11) is 0. The van der Waals surface area contributed by atoms with Gasteiger partial charge in [0.05, 0.1) is 6.61 Å². The summed E-state index contributed by atoms with van der Waals surface area (Å²) in [6.45, 7) is -0.192. The van der Waals surface area contributed by atoms with E-state index in [2.05, 4.69) is 16.0 Å². The maximum Gasteiger partial charge on any atom is 0.328 e. The quantitative estimate of drug-likeness (QED) is 0.347. The van der Waals surface area contributed by atoms with E-state index >= 15 is 0 Å². The van der Waals surface area contributed by atoms with Gasteiger partial charge in [-0.3, -0.25) is 4.79 Å². The predicted octanol–water partition coefficient (Wildman–Crippen LogP) is -1.74. The van der Waals surface area contributed by atoms with Crippen LogP contribution in [-0.2, 0) is 9.59 Å². The Hall–Kier alpha value is -1.83. The number of nitrogens with one attached hydrogen (secondary N) is 3. The van der Waals surface area contributed by atoms with Crippen LogP contribution in [0.4, 0.5) is 4.79 Å². The highest BCUT2D eigenvalue weighted by Gasteiger charge is 2.29. The molecule has 0 aliphatic heterocycles. The molecular weight excluding hydrogens is 242 g/mol. The average Bonchev–Trinajstić information content (AvgIpc) is 3.14. The number of aliphatic hydroxyl groups excluding tert-OH is 1. The SMILES string of the molecule is O=C(NCCNC(=O)C1CC1)N[C@@H](CO)C(=O)O. The zero-order chi connectivity index (χ0) is 13.5. The van der Waals surface area contributed by atoms with Crippen molar-refractivity contribution in [1.29, 1.82) is 0 Å². The molecule has 0 aromatic heterocycles. The minimum atomic E-state index is -1.33. The van der Waals surface area contributed by atoms with Crippen LogP contribution < -0.4 is 16.0 Å². The fraction of sp³-hybridized carbons (Fsp3) is 0.700. The van der Waals surface area contributed by atoms with Crippen molar-refractivity contribution < 1.29 is 24.6 Å². The summed E-state index contributed by atoms with van der Waals surface area (Å²) < 4.78 is 0. The standard InChI is InChI=1S/C10H17N3O5/c14-5-7(9(16)17)13-10(18)12-4-3-11-8(15)6-1-2-6/h6-7,14H,1-5H2,(H,11,15)(H,16,17)(H2,12,13,18)/t7-/m0/s1. The van der Waals surface area contributed by atoms with Gasteiger partial charge in [-0.1, -0.05) is 0 Å². The van der Waals surface area contributed by atoms with Crippen LogP contribution in [0.1, 0.15) is 12.8 Å². The lowest BCUT2D eigenvalue weighted by atomic mass is 10.3. The lowest BCUT2D eigenvalue weighted by Gasteiger charge is -2.12. The van der Waals surface area contributed by atoms with Gasteiger partial charge in [0.25, 0.3) is 0 Å². The number of aliphatic hydroxyl groups is 1. The molecule has 0 radical (unpaired) electrons. The molecule has 1 rings (SSSR count). The average molecular weight is 259 g/mol. The van der Waals surface area contributed by atoms with Gasteiger partial charge < -0.3 is 26.2 Å². The number of aliphatic carboxylic acids is 1. The molecule has 18 heavy (non-hydrogen) atoms. The first kappa shape index (κ1) is 14.2. The van der Waals surface area contributed by atoms with Gasteiger partial charge in [0.15, 0.2) is 6.04 Å². The molecule has 0 aromatic carbocycles. The minimum absolute atomic E-state index is 0.0176. The number of carbonyl (C=O) groups excluding carboxylic acids is 2. The molecule has 0 spiro atoms. The molecule has 5 N–H and O–H groups in total. The fourth-order valence-electron chi connectivity index (χ4n) is 1.25. The highest BCUT2D eigenvalue weighted by atomic mass is 16.4. The van der Waals surface area contributed by atoms with Crippen molar-refractivity contribution in [2.45, 2.75) is 18.9 Å². The lowest BCUT2D eigenvalue weighted by molar-refractivity contribution is -0.140. The number of rotatable bonds is 7. The summed E-state index contributed by atoms with van der Waals surface area (Å²) in [6, 6.07) is -2.02. The number of carboxylic acid groups (broad SMARTS) is 1. The lowest BCUT2D eigenvalue weighted by Crippen LogP contribution is -2.49. The largest absolute Gasteiger partial charge is 0.480 e. The maximum absolute atomic E-state index is 11.2. The summed E-state index contributed by atoms with van der Waals surface area (Å²) >= 11 is 0. The Morgan fingerprint density at radius 3 is 2.28 bits per heavy atom. The van der Waals surface area contributed by atoms with Crippen LogP contribution in [0.2, 0.25) is 0 Å². The van der Waals surface area contributed by atoms with Gasteiger partial charge in [-0.15, -0.1) is 0 Å². The number of hydrogen-bond acceptors (Lipinski definition) is 4.